The molecule has 0 aliphatic rings. The van der Waals surface area contributed by atoms with E-state index in [-0.39, 0.29) is 11.3 Å². The minimum absolute atomic E-state index is 0.289. The van der Waals surface area contributed by atoms with E-state index in [9.17, 15) is 23.1 Å². The van der Waals surface area contributed by atoms with E-state index in [1.54, 1.807) is 0 Å². The van der Waals surface area contributed by atoms with Crippen molar-refractivity contribution in [3.63, 3.8) is 0 Å². The monoisotopic (exact) mass is 219 g/mol. The summed E-state index contributed by atoms with van der Waals surface area (Å²) in [5.41, 5.74) is 3.49. The lowest BCUT2D eigenvalue weighted by molar-refractivity contribution is -0.137. The molecule has 1 rings (SSSR count). The molecule has 3 N–H and O–H groups in total. The highest BCUT2D eigenvalue weighted by molar-refractivity contribution is 6.01. The number of alkyl halides is 3. The van der Waals surface area contributed by atoms with Gasteiger partial charge in [0.15, 0.2) is 5.78 Å². The lowest BCUT2D eigenvalue weighted by Crippen LogP contribution is -2.08. The van der Waals surface area contributed by atoms with Crippen molar-refractivity contribution in [2.45, 2.75) is 13.1 Å². The van der Waals surface area contributed by atoms with Crippen molar-refractivity contribution >= 4 is 11.5 Å². The first-order valence-electron chi connectivity index (χ1n) is 3.94. The maximum Gasteiger partial charge on any atom is 0.416 e. The summed E-state index contributed by atoms with van der Waals surface area (Å²) in [6.45, 7) is 1.11. The van der Waals surface area contributed by atoms with E-state index < -0.39 is 23.3 Å². The smallest absolute Gasteiger partial charge is 0.416 e. The number of carbonyl (C=O) groups excluding carboxylic acids is 1. The number of carbonyl (C=O) groups is 1. The molecule has 15 heavy (non-hydrogen) atoms. The third-order valence-corrected chi connectivity index (χ3v) is 1.83. The Hall–Kier alpha value is -1.72. The lowest BCUT2D eigenvalue weighted by atomic mass is 10.0. The van der Waals surface area contributed by atoms with Crippen LogP contribution in [0.4, 0.5) is 18.9 Å². The fraction of sp³-hybridized carbons (Fsp3) is 0.222. The molecule has 0 bridgehead atoms. The Kier molecular flexibility index (Phi) is 2.61. The minimum atomic E-state index is -4.60. The third kappa shape index (κ3) is 2.20. The van der Waals surface area contributed by atoms with Crippen LogP contribution in [0.3, 0.4) is 0 Å². The molecular weight excluding hydrogens is 211 g/mol. The van der Waals surface area contributed by atoms with E-state index in [1.807, 2.05) is 0 Å². The molecule has 0 amide bonds. The second kappa shape index (κ2) is 3.45. The number of nitrogen functional groups attached to an aromatic ring is 1. The maximum absolute atomic E-state index is 12.2. The van der Waals surface area contributed by atoms with E-state index in [0.29, 0.717) is 12.1 Å². The van der Waals surface area contributed by atoms with Crippen LogP contribution in [0.5, 0.6) is 5.75 Å². The van der Waals surface area contributed by atoms with Crippen LogP contribution >= 0.6 is 0 Å². The predicted octanol–water partition coefficient (Wildman–Crippen LogP) is 2.20. The molecule has 82 valence electrons. The van der Waals surface area contributed by atoms with Crippen LogP contribution in [0.25, 0.3) is 0 Å². The number of rotatable bonds is 1. The molecule has 0 radical (unpaired) electrons. The van der Waals surface area contributed by atoms with Crippen LogP contribution in [-0.4, -0.2) is 10.9 Å². The summed E-state index contributed by atoms with van der Waals surface area (Å²) >= 11 is 0. The van der Waals surface area contributed by atoms with Crippen molar-refractivity contribution < 1.29 is 23.1 Å². The molecule has 6 heteroatoms. The quantitative estimate of drug-likeness (QED) is 0.562. The highest BCUT2D eigenvalue weighted by Crippen LogP contribution is 2.35. The summed E-state index contributed by atoms with van der Waals surface area (Å²) in [7, 11) is 0. The molecule has 0 aliphatic heterocycles. The largest absolute Gasteiger partial charge is 0.507 e. The molecule has 0 spiro atoms. The average Bonchev–Trinajstić information content (AvgIpc) is 1.99. The zero-order chi connectivity index (χ0) is 11.8. The highest BCUT2D eigenvalue weighted by atomic mass is 19.4. The van der Waals surface area contributed by atoms with Gasteiger partial charge in [-0.1, -0.05) is 0 Å². The number of anilines is 1. The summed E-state index contributed by atoms with van der Waals surface area (Å²) in [4.78, 5) is 10.9. The van der Waals surface area contributed by atoms with Crippen molar-refractivity contribution in [3.8, 4) is 5.75 Å². The molecule has 0 atom stereocenters. The standard InChI is InChI=1S/C9H8F3NO2/c1-4(14)8-6(13)2-5(3-7(8)15)9(10,11)12/h2-3,15H,13H2,1H3. The zero-order valence-electron chi connectivity index (χ0n) is 7.72. The summed E-state index contributed by atoms with van der Waals surface area (Å²) in [6.07, 6.45) is -4.60. The first-order chi connectivity index (χ1) is 6.73. The highest BCUT2D eigenvalue weighted by Gasteiger charge is 2.32. The van der Waals surface area contributed by atoms with Crippen molar-refractivity contribution in [2.75, 3.05) is 5.73 Å². The van der Waals surface area contributed by atoms with Gasteiger partial charge in [-0.3, -0.25) is 4.79 Å². The summed E-state index contributed by atoms with van der Waals surface area (Å²) in [6, 6.07) is 1.10. The minimum Gasteiger partial charge on any atom is -0.507 e. The summed E-state index contributed by atoms with van der Waals surface area (Å²) in [5.74, 6) is -1.34. The summed E-state index contributed by atoms with van der Waals surface area (Å²) < 4.78 is 36.7. The number of hydrogen-bond donors (Lipinski definition) is 2. The Morgan fingerprint density at radius 3 is 2.27 bits per heavy atom. The van der Waals surface area contributed by atoms with Crippen LogP contribution in [0.15, 0.2) is 12.1 Å². The second-order valence-corrected chi connectivity index (χ2v) is 3.01. The molecule has 1 aromatic rings. The molecule has 0 aromatic heterocycles. The van der Waals surface area contributed by atoms with E-state index in [1.165, 1.54) is 0 Å². The second-order valence-electron chi connectivity index (χ2n) is 3.01. The van der Waals surface area contributed by atoms with Gasteiger partial charge in [0.2, 0.25) is 0 Å². The van der Waals surface area contributed by atoms with Crippen LogP contribution < -0.4 is 5.73 Å². The molecular formula is C9H8F3NO2. The van der Waals surface area contributed by atoms with Gasteiger partial charge in [-0.2, -0.15) is 13.2 Å². The number of ketones is 1. The number of nitrogens with two attached hydrogens (primary N) is 1. The molecule has 0 heterocycles. The van der Waals surface area contributed by atoms with Crippen LogP contribution in [0.2, 0.25) is 0 Å². The number of phenolic OH excluding ortho intramolecular Hbond substituents is 1. The van der Waals surface area contributed by atoms with Crippen LogP contribution in [-0.2, 0) is 6.18 Å². The molecule has 0 fully saturated rings. The topological polar surface area (TPSA) is 63.3 Å². The third-order valence-electron chi connectivity index (χ3n) is 1.83. The Morgan fingerprint density at radius 1 is 1.40 bits per heavy atom. The average molecular weight is 219 g/mol. The molecule has 3 nitrogen and oxygen atoms in total. The van der Waals surface area contributed by atoms with Crippen molar-refractivity contribution in [2.24, 2.45) is 0 Å². The fourth-order valence-electron chi connectivity index (χ4n) is 1.20. The number of aromatic hydroxyl groups is 1. The van der Waals surface area contributed by atoms with Gasteiger partial charge in [-0.25, -0.2) is 0 Å². The van der Waals surface area contributed by atoms with Gasteiger partial charge < -0.3 is 10.8 Å². The molecule has 0 saturated heterocycles. The van der Waals surface area contributed by atoms with Gasteiger partial charge in [0.1, 0.15) is 5.75 Å². The fourth-order valence-corrected chi connectivity index (χ4v) is 1.20. The van der Waals surface area contributed by atoms with Gasteiger partial charge in [-0.15, -0.1) is 0 Å². The van der Waals surface area contributed by atoms with Crippen molar-refractivity contribution in [1.82, 2.24) is 0 Å². The number of halogens is 3. The molecule has 1 aromatic carbocycles. The van der Waals surface area contributed by atoms with E-state index in [2.05, 4.69) is 0 Å². The lowest BCUT2D eigenvalue weighted by Gasteiger charge is -2.11. The number of benzene rings is 1. The first kappa shape index (κ1) is 11.4. The van der Waals surface area contributed by atoms with Gasteiger partial charge in [-0.05, 0) is 19.1 Å². The normalized spacial score (nSPS) is 11.5. The van der Waals surface area contributed by atoms with Gasteiger partial charge >= 0.3 is 6.18 Å². The maximum atomic E-state index is 12.2. The van der Waals surface area contributed by atoms with Crippen LogP contribution in [0, 0.1) is 0 Å². The zero-order valence-corrected chi connectivity index (χ0v) is 7.72. The predicted molar refractivity (Wildman–Crippen MR) is 47.5 cm³/mol. The van der Waals surface area contributed by atoms with E-state index in [0.717, 1.165) is 6.92 Å². The van der Waals surface area contributed by atoms with Gasteiger partial charge in [0, 0.05) is 5.69 Å². The molecule has 0 unspecified atom stereocenters. The van der Waals surface area contributed by atoms with E-state index in [4.69, 9.17) is 5.73 Å². The van der Waals surface area contributed by atoms with Gasteiger partial charge in [0.25, 0.3) is 0 Å². The van der Waals surface area contributed by atoms with Crippen molar-refractivity contribution in [1.29, 1.82) is 0 Å². The molecule has 0 saturated carbocycles. The van der Waals surface area contributed by atoms with Crippen molar-refractivity contribution in [3.05, 3.63) is 23.3 Å². The Bertz CT molecular complexity index is 389. The number of hydrogen-bond acceptors (Lipinski definition) is 3. The Morgan fingerprint density at radius 2 is 1.93 bits per heavy atom. The number of phenols is 1. The first-order valence-corrected chi connectivity index (χ1v) is 3.94. The summed E-state index contributed by atoms with van der Waals surface area (Å²) in [5, 5.41) is 9.21. The van der Waals surface area contributed by atoms with Crippen LogP contribution in [0.1, 0.15) is 22.8 Å². The Labute approximate surface area is 83.3 Å². The van der Waals surface area contributed by atoms with E-state index >= 15 is 0 Å². The SMILES string of the molecule is CC(=O)c1c(N)cc(C(F)(F)F)cc1O. The van der Waals surface area contributed by atoms with Gasteiger partial charge in [0.05, 0.1) is 11.1 Å². The molecule has 0 aliphatic carbocycles. The number of Topliss-reactive ketones (excluding diaryl/α,β-unsaturated/α-hetero) is 1. The Balaban J connectivity index is 3.39.